The average molecular weight is 628 g/mol. The van der Waals surface area contributed by atoms with Gasteiger partial charge >= 0.3 is 0 Å². The summed E-state index contributed by atoms with van der Waals surface area (Å²) in [6.45, 7) is 7.90. The van der Waals surface area contributed by atoms with Crippen molar-refractivity contribution < 1.29 is 0 Å². The Morgan fingerprint density at radius 2 is 1.22 bits per heavy atom. The van der Waals surface area contributed by atoms with Gasteiger partial charge in [0.25, 0.3) is 0 Å². The van der Waals surface area contributed by atoms with E-state index in [-0.39, 0.29) is 0 Å². The van der Waals surface area contributed by atoms with Crippen molar-refractivity contribution in [3.05, 3.63) is 145 Å². The van der Waals surface area contributed by atoms with Crippen molar-refractivity contribution >= 4 is 55.9 Å². The van der Waals surface area contributed by atoms with Gasteiger partial charge in [-0.1, -0.05) is 104 Å². The Labute approximate surface area is 276 Å². The molecule has 5 aromatic carbocycles. The van der Waals surface area contributed by atoms with Crippen molar-refractivity contribution in [3.63, 3.8) is 0 Å². The van der Waals surface area contributed by atoms with Gasteiger partial charge in [0, 0.05) is 34.8 Å². The lowest BCUT2D eigenvalue weighted by Gasteiger charge is -2.13. The molecule has 0 aliphatic heterocycles. The maximum atomic E-state index is 4.94. The average Bonchev–Trinajstić information content (AvgIpc) is 3.84. The van der Waals surface area contributed by atoms with E-state index in [1.165, 1.54) is 43.6 Å². The van der Waals surface area contributed by atoms with Gasteiger partial charge in [0.05, 0.1) is 26.3 Å². The highest BCUT2D eigenvalue weighted by molar-refractivity contribution is 7.21. The lowest BCUT2D eigenvalue weighted by molar-refractivity contribution is 0.979. The number of hydrogen-bond donors (Lipinski definition) is 0. The van der Waals surface area contributed by atoms with Gasteiger partial charge in [0.1, 0.15) is 10.0 Å². The Morgan fingerprint density at radius 1 is 0.587 bits per heavy atom. The minimum atomic E-state index is 0.871. The molecule has 5 heteroatoms. The first-order valence-corrected chi connectivity index (χ1v) is 16.8. The van der Waals surface area contributed by atoms with E-state index in [4.69, 9.17) is 9.97 Å². The second-order valence-corrected chi connectivity index (χ2v) is 13.3. The standard InChI is InChI=1S/C41H29N3S2/c1-4-34-37(5-2)45-40(42-34)29-17-11-15-27(23-29)31-21-22-32(39-33(31)25-36(44(39)3)26-13-7-6-8-14-26)28-16-12-18-30(24-28)41-43-35-19-9-10-20-38(35)46-41/h4-25H,1-2H2,3H3. The Morgan fingerprint density at radius 3 is 1.91 bits per heavy atom. The predicted octanol–water partition coefficient (Wildman–Crippen LogP) is 11.9. The molecule has 0 fully saturated rings. The molecule has 0 saturated carbocycles. The van der Waals surface area contributed by atoms with Gasteiger partial charge in [-0.25, -0.2) is 9.97 Å². The van der Waals surface area contributed by atoms with Crippen molar-refractivity contribution in [3.8, 4) is 54.7 Å². The fourth-order valence-electron chi connectivity index (χ4n) is 6.23. The van der Waals surface area contributed by atoms with Crippen LogP contribution in [0.15, 0.2) is 134 Å². The SMILES string of the molecule is C=Cc1nc(-c2cccc(-c3ccc(-c4cccc(-c5nc6ccccc6s5)c4)c4c3cc(-c3ccccc3)n4C)c2)sc1C=C. The Balaban J connectivity index is 1.31. The molecule has 0 aliphatic rings. The third-order valence-electron chi connectivity index (χ3n) is 8.46. The first-order valence-electron chi connectivity index (χ1n) is 15.1. The minimum absolute atomic E-state index is 0.871. The van der Waals surface area contributed by atoms with Crippen LogP contribution >= 0.6 is 22.7 Å². The molecule has 3 nitrogen and oxygen atoms in total. The van der Waals surface area contributed by atoms with Gasteiger partial charge in [-0.2, -0.15) is 0 Å². The van der Waals surface area contributed by atoms with Crippen LogP contribution in [0.3, 0.4) is 0 Å². The van der Waals surface area contributed by atoms with Gasteiger partial charge in [0.2, 0.25) is 0 Å². The van der Waals surface area contributed by atoms with E-state index in [0.717, 1.165) is 42.8 Å². The number of para-hydroxylation sites is 1. The van der Waals surface area contributed by atoms with E-state index in [0.29, 0.717) is 0 Å². The topological polar surface area (TPSA) is 30.7 Å². The predicted molar refractivity (Wildman–Crippen MR) is 199 cm³/mol. The van der Waals surface area contributed by atoms with Crippen LogP contribution in [0.4, 0.5) is 0 Å². The molecule has 0 unspecified atom stereocenters. The first-order chi connectivity index (χ1) is 22.6. The van der Waals surface area contributed by atoms with Crippen LogP contribution in [-0.2, 0) is 7.05 Å². The fraction of sp³-hybridized carbons (Fsp3) is 0.0244. The van der Waals surface area contributed by atoms with Crippen LogP contribution in [0, 0.1) is 0 Å². The molecule has 0 aliphatic carbocycles. The highest BCUT2D eigenvalue weighted by Gasteiger charge is 2.18. The van der Waals surface area contributed by atoms with Crippen LogP contribution in [0.1, 0.15) is 10.6 Å². The maximum Gasteiger partial charge on any atom is 0.124 e. The van der Waals surface area contributed by atoms with Crippen LogP contribution in [0.5, 0.6) is 0 Å². The molecule has 0 spiro atoms. The Kier molecular flexibility index (Phi) is 7.05. The van der Waals surface area contributed by atoms with Crippen molar-refractivity contribution in [2.75, 3.05) is 0 Å². The number of benzene rings is 5. The number of rotatable bonds is 7. The molecule has 8 rings (SSSR count). The van der Waals surface area contributed by atoms with Crippen LogP contribution in [0.2, 0.25) is 0 Å². The normalized spacial score (nSPS) is 11.3. The number of aromatic nitrogens is 3. The molecule has 0 radical (unpaired) electrons. The number of nitrogens with zero attached hydrogens (tertiary/aromatic N) is 3. The molecule has 8 aromatic rings. The van der Waals surface area contributed by atoms with Crippen LogP contribution in [0.25, 0.3) is 87.9 Å². The zero-order chi connectivity index (χ0) is 31.2. The van der Waals surface area contributed by atoms with Crippen molar-refractivity contribution in [1.82, 2.24) is 14.5 Å². The quantitative estimate of drug-likeness (QED) is 0.176. The number of aryl methyl sites for hydroxylation is 1. The lowest BCUT2D eigenvalue weighted by Crippen LogP contribution is -1.94. The number of thiazole rings is 2. The third-order valence-corrected chi connectivity index (χ3v) is 10.7. The van der Waals surface area contributed by atoms with E-state index in [1.54, 1.807) is 28.7 Å². The Bertz CT molecular complexity index is 2370. The largest absolute Gasteiger partial charge is 0.343 e. The summed E-state index contributed by atoms with van der Waals surface area (Å²) in [7, 11) is 2.18. The zero-order valence-corrected chi connectivity index (χ0v) is 26.9. The summed E-state index contributed by atoms with van der Waals surface area (Å²) in [4.78, 5) is 10.8. The summed E-state index contributed by atoms with van der Waals surface area (Å²) in [6, 6.07) is 43.3. The van der Waals surface area contributed by atoms with Crippen molar-refractivity contribution in [2.45, 2.75) is 0 Å². The molecule has 220 valence electrons. The Hall–Kier alpha value is -5.36. The van der Waals surface area contributed by atoms with Gasteiger partial charge in [-0.3, -0.25) is 0 Å². The zero-order valence-electron chi connectivity index (χ0n) is 25.3. The summed E-state index contributed by atoms with van der Waals surface area (Å²) in [5.74, 6) is 0. The molecule has 46 heavy (non-hydrogen) atoms. The fourth-order valence-corrected chi connectivity index (χ4v) is 8.11. The summed E-state index contributed by atoms with van der Waals surface area (Å²) in [5, 5.41) is 3.20. The lowest BCUT2D eigenvalue weighted by atomic mass is 9.94. The van der Waals surface area contributed by atoms with Gasteiger partial charge in [-0.15, -0.1) is 22.7 Å². The molecule has 0 amide bonds. The van der Waals surface area contributed by atoms with E-state index in [1.807, 2.05) is 12.1 Å². The highest BCUT2D eigenvalue weighted by atomic mass is 32.1. The smallest absolute Gasteiger partial charge is 0.124 e. The second-order valence-electron chi connectivity index (χ2n) is 11.2. The molecule has 3 heterocycles. The summed E-state index contributed by atoms with van der Waals surface area (Å²) < 4.78 is 3.54. The molecule has 0 saturated heterocycles. The third kappa shape index (κ3) is 4.81. The number of fused-ring (bicyclic) bond motifs is 2. The van der Waals surface area contributed by atoms with Crippen molar-refractivity contribution in [2.24, 2.45) is 7.05 Å². The van der Waals surface area contributed by atoms with Crippen molar-refractivity contribution in [1.29, 1.82) is 0 Å². The molecular weight excluding hydrogens is 599 g/mol. The van der Waals surface area contributed by atoms with E-state index in [9.17, 15) is 0 Å². The van der Waals surface area contributed by atoms with Crippen LogP contribution < -0.4 is 0 Å². The van der Waals surface area contributed by atoms with Crippen LogP contribution in [-0.4, -0.2) is 14.5 Å². The maximum absolute atomic E-state index is 4.94. The summed E-state index contributed by atoms with van der Waals surface area (Å²) in [5.41, 5.74) is 12.4. The van der Waals surface area contributed by atoms with Gasteiger partial charge < -0.3 is 4.57 Å². The molecular formula is C41H29N3S2. The minimum Gasteiger partial charge on any atom is -0.343 e. The highest BCUT2D eigenvalue weighted by Crippen LogP contribution is 2.42. The molecule has 3 aromatic heterocycles. The van der Waals surface area contributed by atoms with E-state index >= 15 is 0 Å². The summed E-state index contributed by atoms with van der Waals surface area (Å²) in [6.07, 6.45) is 3.65. The molecule has 0 bridgehead atoms. The number of hydrogen-bond acceptors (Lipinski definition) is 4. The first kappa shape index (κ1) is 28.1. The monoisotopic (exact) mass is 627 g/mol. The molecule has 0 atom stereocenters. The second kappa shape index (κ2) is 11.5. The van der Waals surface area contributed by atoms with Gasteiger partial charge in [0.15, 0.2) is 0 Å². The molecule has 0 N–H and O–H groups in total. The van der Waals surface area contributed by atoms with Gasteiger partial charge in [-0.05, 0) is 64.7 Å². The van der Waals surface area contributed by atoms with E-state index < -0.39 is 0 Å². The summed E-state index contributed by atoms with van der Waals surface area (Å²) >= 11 is 3.38. The van der Waals surface area contributed by atoms with E-state index in [2.05, 4.69) is 140 Å².